The van der Waals surface area contributed by atoms with Crippen LogP contribution in [0.25, 0.3) is 22.4 Å². The van der Waals surface area contributed by atoms with Crippen molar-refractivity contribution in [3.05, 3.63) is 47.3 Å². The minimum Gasteiger partial charge on any atom is -0.399 e. The van der Waals surface area contributed by atoms with Crippen LogP contribution in [-0.4, -0.2) is 9.97 Å². The fourth-order valence-corrected chi connectivity index (χ4v) is 2.24. The van der Waals surface area contributed by atoms with E-state index in [1.54, 1.807) is 6.07 Å². The van der Waals surface area contributed by atoms with Crippen LogP contribution in [0.1, 0.15) is 11.1 Å². The van der Waals surface area contributed by atoms with Gasteiger partial charge in [0, 0.05) is 11.3 Å². The number of aromatic amines is 1. The van der Waals surface area contributed by atoms with E-state index >= 15 is 0 Å². The Bertz CT molecular complexity index is 774. The first-order chi connectivity index (χ1) is 9.04. The normalized spacial score (nSPS) is 11.1. The van der Waals surface area contributed by atoms with E-state index in [1.165, 1.54) is 12.1 Å². The zero-order valence-electron chi connectivity index (χ0n) is 10.8. The molecule has 1 aromatic heterocycles. The predicted molar refractivity (Wildman–Crippen MR) is 75.4 cm³/mol. The smallest absolute Gasteiger partial charge is 0.138 e. The van der Waals surface area contributed by atoms with E-state index in [-0.39, 0.29) is 5.82 Å². The van der Waals surface area contributed by atoms with E-state index in [2.05, 4.69) is 9.97 Å². The van der Waals surface area contributed by atoms with E-state index in [4.69, 9.17) is 5.73 Å². The van der Waals surface area contributed by atoms with Gasteiger partial charge in [-0.05, 0) is 55.3 Å². The highest BCUT2D eigenvalue weighted by Crippen LogP contribution is 2.28. The first kappa shape index (κ1) is 11.7. The number of hydrogen-bond donors (Lipinski definition) is 2. The van der Waals surface area contributed by atoms with Crippen LogP contribution in [0.2, 0.25) is 0 Å². The number of imidazole rings is 1. The molecule has 0 atom stereocenters. The summed E-state index contributed by atoms with van der Waals surface area (Å²) in [6, 6.07) is 8.33. The Morgan fingerprint density at radius 3 is 2.74 bits per heavy atom. The van der Waals surface area contributed by atoms with Crippen molar-refractivity contribution in [2.75, 3.05) is 5.73 Å². The molecule has 1 heterocycles. The van der Waals surface area contributed by atoms with E-state index in [1.807, 2.05) is 26.0 Å². The highest BCUT2D eigenvalue weighted by Gasteiger charge is 2.10. The number of halogens is 1. The number of benzene rings is 2. The van der Waals surface area contributed by atoms with Gasteiger partial charge >= 0.3 is 0 Å². The first-order valence-corrected chi connectivity index (χ1v) is 6.07. The van der Waals surface area contributed by atoms with Gasteiger partial charge in [0.1, 0.15) is 11.6 Å². The lowest BCUT2D eigenvalue weighted by molar-refractivity contribution is 0.629. The molecule has 0 spiro atoms. The van der Waals surface area contributed by atoms with Gasteiger partial charge in [0.05, 0.1) is 11.0 Å². The number of nitrogens with zero attached hydrogens (tertiary/aromatic N) is 1. The molecule has 0 saturated carbocycles. The van der Waals surface area contributed by atoms with Crippen LogP contribution in [0, 0.1) is 19.7 Å². The second-order valence-corrected chi connectivity index (χ2v) is 4.76. The molecule has 0 saturated heterocycles. The van der Waals surface area contributed by atoms with Gasteiger partial charge in [-0.15, -0.1) is 0 Å². The molecule has 0 radical (unpaired) electrons. The van der Waals surface area contributed by atoms with Crippen LogP contribution >= 0.6 is 0 Å². The van der Waals surface area contributed by atoms with Gasteiger partial charge in [-0.2, -0.15) is 0 Å². The molecule has 0 aliphatic heterocycles. The molecule has 0 bridgehead atoms. The molecule has 96 valence electrons. The molecule has 0 fully saturated rings. The summed E-state index contributed by atoms with van der Waals surface area (Å²) >= 11 is 0. The van der Waals surface area contributed by atoms with Crippen LogP contribution in [-0.2, 0) is 0 Å². The van der Waals surface area contributed by atoms with Crippen molar-refractivity contribution < 1.29 is 4.39 Å². The summed E-state index contributed by atoms with van der Waals surface area (Å²) in [4.78, 5) is 7.63. The molecule has 2 aromatic carbocycles. The van der Waals surface area contributed by atoms with Gasteiger partial charge in [0.2, 0.25) is 0 Å². The number of rotatable bonds is 1. The third kappa shape index (κ3) is 1.95. The third-order valence-corrected chi connectivity index (χ3v) is 3.39. The summed E-state index contributed by atoms with van der Waals surface area (Å²) < 4.78 is 13.2. The van der Waals surface area contributed by atoms with E-state index in [0.29, 0.717) is 17.0 Å². The molecule has 4 heteroatoms. The molecule has 3 aromatic rings. The first-order valence-electron chi connectivity index (χ1n) is 6.07. The molecule has 0 unspecified atom stereocenters. The molecular formula is C15H14FN3. The number of nitrogens with one attached hydrogen (secondary N) is 1. The van der Waals surface area contributed by atoms with Crippen molar-refractivity contribution in [3.8, 4) is 11.4 Å². The second kappa shape index (κ2) is 4.09. The third-order valence-electron chi connectivity index (χ3n) is 3.39. The number of nitrogens with two attached hydrogens (primary N) is 1. The topological polar surface area (TPSA) is 54.7 Å². The second-order valence-electron chi connectivity index (χ2n) is 4.76. The Balaban J connectivity index is 2.24. The van der Waals surface area contributed by atoms with Crippen molar-refractivity contribution in [1.29, 1.82) is 0 Å². The quantitative estimate of drug-likeness (QED) is 0.653. The van der Waals surface area contributed by atoms with Crippen molar-refractivity contribution in [1.82, 2.24) is 9.97 Å². The van der Waals surface area contributed by atoms with Crippen LogP contribution in [0.4, 0.5) is 10.1 Å². The Labute approximate surface area is 110 Å². The van der Waals surface area contributed by atoms with Gasteiger partial charge in [-0.25, -0.2) is 9.37 Å². The number of anilines is 1. The van der Waals surface area contributed by atoms with E-state index in [0.717, 1.165) is 22.2 Å². The minimum absolute atomic E-state index is 0.275. The summed E-state index contributed by atoms with van der Waals surface area (Å²) in [6.45, 7) is 4.04. The van der Waals surface area contributed by atoms with E-state index < -0.39 is 0 Å². The Hall–Kier alpha value is -2.36. The summed E-state index contributed by atoms with van der Waals surface area (Å²) in [5, 5.41) is 0. The lowest BCUT2D eigenvalue weighted by atomic mass is 10.0. The zero-order valence-corrected chi connectivity index (χ0v) is 10.8. The van der Waals surface area contributed by atoms with Crippen molar-refractivity contribution >= 4 is 16.7 Å². The van der Waals surface area contributed by atoms with Gasteiger partial charge in [0.15, 0.2) is 0 Å². The van der Waals surface area contributed by atoms with Gasteiger partial charge in [-0.3, -0.25) is 0 Å². The number of aryl methyl sites for hydroxylation is 1. The summed E-state index contributed by atoms with van der Waals surface area (Å²) in [5.41, 5.74) is 11.2. The summed E-state index contributed by atoms with van der Waals surface area (Å²) in [5.74, 6) is 0.441. The zero-order chi connectivity index (χ0) is 13.6. The lowest BCUT2D eigenvalue weighted by Crippen LogP contribution is -1.93. The fourth-order valence-electron chi connectivity index (χ4n) is 2.24. The Kier molecular flexibility index (Phi) is 2.52. The minimum atomic E-state index is -0.275. The largest absolute Gasteiger partial charge is 0.399 e. The van der Waals surface area contributed by atoms with Crippen molar-refractivity contribution in [3.63, 3.8) is 0 Å². The van der Waals surface area contributed by atoms with Gasteiger partial charge in [-0.1, -0.05) is 0 Å². The van der Waals surface area contributed by atoms with Crippen LogP contribution < -0.4 is 5.73 Å². The molecule has 3 rings (SSSR count). The van der Waals surface area contributed by atoms with Crippen LogP contribution in [0.5, 0.6) is 0 Å². The standard InChI is InChI=1S/C15H14FN3/c1-8-5-11(17)7-12(9(8)2)15-18-13-4-3-10(16)6-14(13)19-15/h3-7H,17H2,1-2H3,(H,18,19). The molecule has 0 aliphatic rings. The van der Waals surface area contributed by atoms with Crippen LogP contribution in [0.15, 0.2) is 30.3 Å². The van der Waals surface area contributed by atoms with Gasteiger partial charge < -0.3 is 10.7 Å². The molecule has 0 amide bonds. The van der Waals surface area contributed by atoms with E-state index in [9.17, 15) is 4.39 Å². The maximum absolute atomic E-state index is 13.2. The fraction of sp³-hybridized carbons (Fsp3) is 0.133. The number of fused-ring (bicyclic) bond motifs is 1. The van der Waals surface area contributed by atoms with Crippen molar-refractivity contribution in [2.24, 2.45) is 0 Å². The van der Waals surface area contributed by atoms with Gasteiger partial charge in [0.25, 0.3) is 0 Å². The monoisotopic (exact) mass is 255 g/mol. The maximum atomic E-state index is 13.2. The Morgan fingerprint density at radius 2 is 1.95 bits per heavy atom. The SMILES string of the molecule is Cc1cc(N)cc(-c2nc3ccc(F)cc3[nH]2)c1C. The average molecular weight is 255 g/mol. The number of nitrogen functional groups attached to an aromatic ring is 1. The maximum Gasteiger partial charge on any atom is 0.138 e. The number of H-pyrrole nitrogens is 1. The molecule has 19 heavy (non-hydrogen) atoms. The van der Waals surface area contributed by atoms with Crippen LogP contribution in [0.3, 0.4) is 0 Å². The highest BCUT2D eigenvalue weighted by atomic mass is 19.1. The summed E-state index contributed by atoms with van der Waals surface area (Å²) in [6.07, 6.45) is 0. The molecule has 3 N–H and O–H groups in total. The lowest BCUT2D eigenvalue weighted by Gasteiger charge is -2.07. The average Bonchev–Trinajstić information content (AvgIpc) is 2.76. The molecule has 0 aliphatic carbocycles. The molecular weight excluding hydrogens is 241 g/mol. The number of hydrogen-bond acceptors (Lipinski definition) is 2. The Morgan fingerprint density at radius 1 is 1.16 bits per heavy atom. The predicted octanol–water partition coefficient (Wildman–Crippen LogP) is 3.57. The van der Waals surface area contributed by atoms with Crippen molar-refractivity contribution in [2.45, 2.75) is 13.8 Å². The highest BCUT2D eigenvalue weighted by molar-refractivity contribution is 5.81. The molecule has 3 nitrogen and oxygen atoms in total. The number of aromatic nitrogens is 2. The summed E-state index contributed by atoms with van der Waals surface area (Å²) in [7, 11) is 0.